The fourth-order valence-electron chi connectivity index (χ4n) is 2.17. The van der Waals surface area contributed by atoms with E-state index in [-0.39, 0.29) is 5.69 Å². The number of carbonyl (C=O) groups is 1. The summed E-state index contributed by atoms with van der Waals surface area (Å²) in [5.74, 6) is -0.200. The van der Waals surface area contributed by atoms with Crippen LogP contribution in [0.25, 0.3) is 0 Å². The Labute approximate surface area is 126 Å². The second-order valence-corrected chi connectivity index (χ2v) is 4.83. The number of benzene rings is 1. The van der Waals surface area contributed by atoms with Gasteiger partial charge in [-0.25, -0.2) is 9.37 Å². The highest BCUT2D eigenvalue weighted by molar-refractivity contribution is 6.02. The van der Waals surface area contributed by atoms with E-state index in [0.717, 1.165) is 0 Å². The van der Waals surface area contributed by atoms with Crippen LogP contribution in [0.5, 0.6) is 0 Å². The lowest BCUT2D eigenvalue weighted by atomic mass is 10.3. The molecule has 114 valence electrons. The highest BCUT2D eigenvalue weighted by atomic mass is 19.1. The maximum atomic E-state index is 13.1. The zero-order valence-corrected chi connectivity index (χ0v) is 11.8. The number of morpholine rings is 1. The fourth-order valence-corrected chi connectivity index (χ4v) is 2.17. The Morgan fingerprint density at radius 3 is 2.86 bits per heavy atom. The summed E-state index contributed by atoms with van der Waals surface area (Å²) >= 11 is 0. The highest BCUT2D eigenvalue weighted by Crippen LogP contribution is 2.14. The van der Waals surface area contributed by atoms with E-state index >= 15 is 0 Å². The van der Waals surface area contributed by atoms with Crippen LogP contribution < -0.4 is 10.2 Å². The standard InChI is InChI=1S/C15H15FN4O2/c16-11-2-1-3-12(8-11)18-15(21)13-9-17-10-14(19-13)20-4-6-22-7-5-20/h1-3,8-10H,4-7H2,(H,18,21). The molecule has 1 amide bonds. The predicted octanol–water partition coefficient (Wildman–Crippen LogP) is 1.70. The molecule has 2 aromatic rings. The molecule has 1 aliphatic rings. The van der Waals surface area contributed by atoms with Gasteiger partial charge in [0.25, 0.3) is 5.91 Å². The number of rotatable bonds is 3. The Morgan fingerprint density at radius 1 is 1.27 bits per heavy atom. The molecule has 1 N–H and O–H groups in total. The number of nitrogens with one attached hydrogen (secondary N) is 1. The van der Waals surface area contributed by atoms with E-state index in [9.17, 15) is 9.18 Å². The van der Waals surface area contributed by atoms with Gasteiger partial charge in [-0.1, -0.05) is 6.07 Å². The van der Waals surface area contributed by atoms with Gasteiger partial charge < -0.3 is 15.0 Å². The Bertz CT molecular complexity index is 674. The Morgan fingerprint density at radius 2 is 2.09 bits per heavy atom. The molecule has 2 heterocycles. The first-order valence-corrected chi connectivity index (χ1v) is 6.94. The van der Waals surface area contributed by atoms with Crippen molar-refractivity contribution in [2.75, 3.05) is 36.5 Å². The molecule has 1 aliphatic heterocycles. The number of aromatic nitrogens is 2. The van der Waals surface area contributed by atoms with E-state index in [1.807, 2.05) is 4.90 Å². The van der Waals surface area contributed by atoms with Crippen molar-refractivity contribution in [1.29, 1.82) is 0 Å². The Balaban J connectivity index is 1.75. The summed E-state index contributed by atoms with van der Waals surface area (Å²) in [7, 11) is 0. The summed E-state index contributed by atoms with van der Waals surface area (Å²) in [5, 5.41) is 2.60. The van der Waals surface area contributed by atoms with Crippen molar-refractivity contribution in [3.05, 3.63) is 48.2 Å². The monoisotopic (exact) mass is 302 g/mol. The minimum absolute atomic E-state index is 0.188. The van der Waals surface area contributed by atoms with Crippen molar-refractivity contribution < 1.29 is 13.9 Å². The van der Waals surface area contributed by atoms with Crippen molar-refractivity contribution in [2.24, 2.45) is 0 Å². The van der Waals surface area contributed by atoms with Gasteiger partial charge in [-0.05, 0) is 18.2 Å². The lowest BCUT2D eigenvalue weighted by Crippen LogP contribution is -2.37. The van der Waals surface area contributed by atoms with Crippen LogP contribution in [-0.4, -0.2) is 42.2 Å². The lowest BCUT2D eigenvalue weighted by molar-refractivity contribution is 0.102. The van der Waals surface area contributed by atoms with Gasteiger partial charge in [-0.3, -0.25) is 9.78 Å². The molecule has 0 atom stereocenters. The number of hydrogen-bond donors (Lipinski definition) is 1. The molecule has 0 saturated carbocycles. The average Bonchev–Trinajstić information content (AvgIpc) is 2.56. The maximum absolute atomic E-state index is 13.1. The van der Waals surface area contributed by atoms with Crippen LogP contribution in [0, 0.1) is 5.82 Å². The normalized spacial score (nSPS) is 14.7. The number of ether oxygens (including phenoxy) is 1. The molecule has 0 bridgehead atoms. The zero-order valence-electron chi connectivity index (χ0n) is 11.8. The van der Waals surface area contributed by atoms with E-state index < -0.39 is 11.7 Å². The summed E-state index contributed by atoms with van der Waals surface area (Å²) < 4.78 is 18.4. The molecule has 7 heteroatoms. The predicted molar refractivity (Wildman–Crippen MR) is 79.4 cm³/mol. The first-order chi connectivity index (χ1) is 10.7. The van der Waals surface area contributed by atoms with Crippen LogP contribution in [0.4, 0.5) is 15.9 Å². The van der Waals surface area contributed by atoms with Crippen LogP contribution in [0.15, 0.2) is 36.7 Å². The van der Waals surface area contributed by atoms with Gasteiger partial charge in [-0.2, -0.15) is 0 Å². The fraction of sp³-hybridized carbons (Fsp3) is 0.267. The molecule has 1 aromatic carbocycles. The molecule has 1 fully saturated rings. The molecule has 0 radical (unpaired) electrons. The maximum Gasteiger partial charge on any atom is 0.275 e. The third-order valence-corrected chi connectivity index (χ3v) is 3.27. The van der Waals surface area contributed by atoms with Crippen molar-refractivity contribution in [3.63, 3.8) is 0 Å². The molecule has 1 aromatic heterocycles. The third kappa shape index (κ3) is 3.37. The van der Waals surface area contributed by atoms with Crippen LogP contribution in [0.2, 0.25) is 0 Å². The van der Waals surface area contributed by atoms with Crippen molar-refractivity contribution >= 4 is 17.4 Å². The van der Waals surface area contributed by atoms with E-state index in [1.165, 1.54) is 24.4 Å². The third-order valence-electron chi connectivity index (χ3n) is 3.27. The topological polar surface area (TPSA) is 67.4 Å². The number of hydrogen-bond acceptors (Lipinski definition) is 5. The quantitative estimate of drug-likeness (QED) is 0.935. The molecule has 3 rings (SSSR count). The van der Waals surface area contributed by atoms with Crippen LogP contribution in [0.1, 0.15) is 10.5 Å². The number of anilines is 2. The first-order valence-electron chi connectivity index (χ1n) is 6.94. The van der Waals surface area contributed by atoms with Gasteiger partial charge in [-0.15, -0.1) is 0 Å². The minimum Gasteiger partial charge on any atom is -0.378 e. The van der Waals surface area contributed by atoms with Gasteiger partial charge in [0.15, 0.2) is 0 Å². The second-order valence-electron chi connectivity index (χ2n) is 4.83. The summed E-state index contributed by atoms with van der Waals surface area (Å²) in [4.78, 5) is 22.6. The van der Waals surface area contributed by atoms with Gasteiger partial charge in [0.05, 0.1) is 25.6 Å². The molecule has 0 unspecified atom stereocenters. The largest absolute Gasteiger partial charge is 0.378 e. The van der Waals surface area contributed by atoms with E-state index in [2.05, 4.69) is 15.3 Å². The number of nitrogens with zero attached hydrogens (tertiary/aromatic N) is 3. The molecule has 6 nitrogen and oxygen atoms in total. The lowest BCUT2D eigenvalue weighted by Gasteiger charge is -2.27. The molecule has 0 aliphatic carbocycles. The number of halogens is 1. The molecular weight excluding hydrogens is 287 g/mol. The van der Waals surface area contributed by atoms with Crippen molar-refractivity contribution in [1.82, 2.24) is 9.97 Å². The summed E-state index contributed by atoms with van der Waals surface area (Å²) in [6.45, 7) is 2.68. The summed E-state index contributed by atoms with van der Waals surface area (Å²) in [5.41, 5.74) is 0.567. The summed E-state index contributed by atoms with van der Waals surface area (Å²) in [6.07, 6.45) is 3.00. The van der Waals surface area contributed by atoms with Crippen molar-refractivity contribution in [2.45, 2.75) is 0 Å². The van der Waals surface area contributed by atoms with E-state index in [0.29, 0.717) is 37.8 Å². The Kier molecular flexibility index (Phi) is 4.24. The average molecular weight is 302 g/mol. The molecule has 0 spiro atoms. The zero-order chi connectivity index (χ0) is 15.4. The smallest absolute Gasteiger partial charge is 0.275 e. The second kappa shape index (κ2) is 6.48. The van der Waals surface area contributed by atoms with Gasteiger partial charge in [0, 0.05) is 18.8 Å². The van der Waals surface area contributed by atoms with Crippen LogP contribution in [0.3, 0.4) is 0 Å². The minimum atomic E-state index is -0.423. The molecular formula is C15H15FN4O2. The van der Waals surface area contributed by atoms with Gasteiger partial charge in [0.1, 0.15) is 17.3 Å². The van der Waals surface area contributed by atoms with Crippen molar-refractivity contribution in [3.8, 4) is 0 Å². The Hall–Kier alpha value is -2.54. The van der Waals surface area contributed by atoms with Crippen LogP contribution >= 0.6 is 0 Å². The van der Waals surface area contributed by atoms with E-state index in [4.69, 9.17) is 4.74 Å². The van der Waals surface area contributed by atoms with Gasteiger partial charge >= 0.3 is 0 Å². The molecule has 1 saturated heterocycles. The highest BCUT2D eigenvalue weighted by Gasteiger charge is 2.15. The van der Waals surface area contributed by atoms with E-state index in [1.54, 1.807) is 12.3 Å². The number of amides is 1. The first kappa shape index (κ1) is 14.4. The van der Waals surface area contributed by atoms with Gasteiger partial charge in [0.2, 0.25) is 0 Å². The molecule has 22 heavy (non-hydrogen) atoms. The SMILES string of the molecule is O=C(Nc1cccc(F)c1)c1cncc(N2CCOCC2)n1. The summed E-state index contributed by atoms with van der Waals surface area (Å²) in [6, 6.07) is 5.70. The number of carbonyl (C=O) groups excluding carboxylic acids is 1. The van der Waals surface area contributed by atoms with Crippen LogP contribution in [-0.2, 0) is 4.74 Å².